The highest BCUT2D eigenvalue weighted by molar-refractivity contribution is 7.80. The van der Waals surface area contributed by atoms with Crippen molar-refractivity contribution in [3.8, 4) is 0 Å². The van der Waals surface area contributed by atoms with Crippen molar-refractivity contribution in [3.05, 3.63) is 66.2 Å². The van der Waals surface area contributed by atoms with Crippen LogP contribution in [0, 0.1) is 0 Å². The topological polar surface area (TPSA) is 65.2 Å². The quantitative estimate of drug-likeness (QED) is 0.387. The summed E-state index contributed by atoms with van der Waals surface area (Å²) in [4.78, 5) is 11.7. The van der Waals surface area contributed by atoms with Crippen LogP contribution in [0.4, 0.5) is 10.5 Å². The summed E-state index contributed by atoms with van der Waals surface area (Å²) in [6.07, 6.45) is 1.94. The normalized spacial score (nSPS) is 9.74. The number of amides is 2. The van der Waals surface area contributed by atoms with Crippen LogP contribution in [0.2, 0.25) is 0 Å². The summed E-state index contributed by atoms with van der Waals surface area (Å²) >= 11 is 5.10. The SMILES string of the molecule is O=C(NNC(=S)NCCCc1ccccc1)Nc1ccccc1. The maximum atomic E-state index is 11.7. The van der Waals surface area contributed by atoms with Gasteiger partial charge in [-0.3, -0.25) is 5.43 Å². The van der Waals surface area contributed by atoms with Gasteiger partial charge >= 0.3 is 6.03 Å². The molecule has 23 heavy (non-hydrogen) atoms. The number of carbonyl (C=O) groups is 1. The number of carbonyl (C=O) groups excluding carboxylic acids is 1. The first-order chi connectivity index (χ1) is 11.2. The van der Waals surface area contributed by atoms with E-state index in [-0.39, 0.29) is 6.03 Å². The van der Waals surface area contributed by atoms with E-state index in [4.69, 9.17) is 12.2 Å². The second-order valence-corrected chi connectivity index (χ2v) is 5.32. The van der Waals surface area contributed by atoms with Crippen molar-refractivity contribution in [2.24, 2.45) is 0 Å². The molecule has 6 heteroatoms. The van der Waals surface area contributed by atoms with Gasteiger partial charge in [0.2, 0.25) is 0 Å². The van der Waals surface area contributed by atoms with Gasteiger partial charge in [0.05, 0.1) is 0 Å². The Morgan fingerprint density at radius 1 is 0.913 bits per heavy atom. The Bertz CT molecular complexity index is 619. The second kappa shape index (κ2) is 9.42. The molecule has 0 aromatic heterocycles. The van der Waals surface area contributed by atoms with Crippen LogP contribution in [0.5, 0.6) is 0 Å². The molecule has 0 spiro atoms. The van der Waals surface area contributed by atoms with Crippen LogP contribution in [-0.2, 0) is 6.42 Å². The summed E-state index contributed by atoms with van der Waals surface area (Å²) in [5.74, 6) is 0. The third-order valence-electron chi connectivity index (χ3n) is 3.09. The summed E-state index contributed by atoms with van der Waals surface area (Å²) in [7, 11) is 0. The molecule has 2 rings (SSSR count). The maximum absolute atomic E-state index is 11.7. The summed E-state index contributed by atoms with van der Waals surface area (Å²) < 4.78 is 0. The molecule has 0 bridgehead atoms. The van der Waals surface area contributed by atoms with E-state index in [2.05, 4.69) is 33.6 Å². The molecule has 0 saturated heterocycles. The first kappa shape index (κ1) is 16.8. The lowest BCUT2D eigenvalue weighted by atomic mass is 10.1. The van der Waals surface area contributed by atoms with E-state index in [1.165, 1.54) is 5.56 Å². The molecule has 0 radical (unpaired) electrons. The third-order valence-corrected chi connectivity index (χ3v) is 3.34. The van der Waals surface area contributed by atoms with Crippen LogP contribution in [0.1, 0.15) is 12.0 Å². The second-order valence-electron chi connectivity index (χ2n) is 4.92. The molecule has 0 saturated carbocycles. The van der Waals surface area contributed by atoms with E-state index in [1.807, 2.05) is 36.4 Å². The van der Waals surface area contributed by atoms with Gasteiger partial charge in [-0.1, -0.05) is 48.5 Å². The average Bonchev–Trinajstić information content (AvgIpc) is 2.59. The van der Waals surface area contributed by atoms with Crippen LogP contribution in [0.3, 0.4) is 0 Å². The zero-order valence-corrected chi connectivity index (χ0v) is 13.5. The van der Waals surface area contributed by atoms with Gasteiger partial charge in [-0.15, -0.1) is 0 Å². The van der Waals surface area contributed by atoms with Crippen LogP contribution in [0.15, 0.2) is 60.7 Å². The van der Waals surface area contributed by atoms with Gasteiger partial charge in [0.1, 0.15) is 0 Å². The molecular formula is C17H20N4OS. The largest absolute Gasteiger partial charge is 0.361 e. The Kier molecular flexibility index (Phi) is 6.87. The number of rotatable bonds is 5. The highest BCUT2D eigenvalue weighted by Gasteiger charge is 2.01. The molecule has 0 unspecified atom stereocenters. The van der Waals surface area contributed by atoms with Gasteiger partial charge in [0.25, 0.3) is 0 Å². The fourth-order valence-electron chi connectivity index (χ4n) is 1.98. The number of urea groups is 1. The Hall–Kier alpha value is -2.60. The van der Waals surface area contributed by atoms with Crippen molar-refractivity contribution in [1.29, 1.82) is 0 Å². The third kappa shape index (κ3) is 6.80. The predicted octanol–water partition coefficient (Wildman–Crippen LogP) is 2.82. The predicted molar refractivity (Wildman–Crippen MR) is 97.1 cm³/mol. The molecule has 0 aliphatic carbocycles. The number of benzene rings is 2. The zero-order chi connectivity index (χ0) is 16.3. The van der Waals surface area contributed by atoms with Crippen molar-refractivity contribution in [3.63, 3.8) is 0 Å². The van der Waals surface area contributed by atoms with Gasteiger partial charge in [0, 0.05) is 12.2 Å². The molecule has 0 aliphatic rings. The molecule has 2 aromatic carbocycles. The lowest BCUT2D eigenvalue weighted by molar-refractivity contribution is 0.250. The minimum atomic E-state index is -0.371. The Labute approximate surface area is 141 Å². The van der Waals surface area contributed by atoms with Crippen molar-refractivity contribution in [2.75, 3.05) is 11.9 Å². The molecule has 4 N–H and O–H groups in total. The van der Waals surface area contributed by atoms with Crippen molar-refractivity contribution in [1.82, 2.24) is 16.2 Å². The van der Waals surface area contributed by atoms with E-state index >= 15 is 0 Å². The smallest absolute Gasteiger partial charge is 0.337 e. The summed E-state index contributed by atoms with van der Waals surface area (Å²) in [6.45, 7) is 0.739. The number of hydrogen-bond acceptors (Lipinski definition) is 2. The first-order valence-electron chi connectivity index (χ1n) is 7.44. The molecule has 2 aromatic rings. The number of hydrazine groups is 1. The first-order valence-corrected chi connectivity index (χ1v) is 7.84. The maximum Gasteiger partial charge on any atom is 0.337 e. The van der Waals surface area contributed by atoms with E-state index in [0.717, 1.165) is 19.4 Å². The van der Waals surface area contributed by atoms with Gasteiger partial charge in [-0.25, -0.2) is 10.2 Å². The molecular weight excluding hydrogens is 308 g/mol. The Morgan fingerprint density at radius 3 is 2.26 bits per heavy atom. The molecule has 0 atom stereocenters. The number of nitrogens with one attached hydrogen (secondary N) is 4. The van der Waals surface area contributed by atoms with Crippen LogP contribution in [0.25, 0.3) is 0 Å². The highest BCUT2D eigenvalue weighted by Crippen LogP contribution is 2.03. The Balaban J connectivity index is 1.57. The number of hydrogen-bond donors (Lipinski definition) is 4. The van der Waals surface area contributed by atoms with Crippen molar-refractivity contribution >= 4 is 29.0 Å². The van der Waals surface area contributed by atoms with E-state index < -0.39 is 0 Å². The molecule has 120 valence electrons. The highest BCUT2D eigenvalue weighted by atomic mass is 32.1. The monoisotopic (exact) mass is 328 g/mol. The zero-order valence-electron chi connectivity index (χ0n) is 12.7. The minimum Gasteiger partial charge on any atom is -0.361 e. The van der Waals surface area contributed by atoms with Crippen molar-refractivity contribution in [2.45, 2.75) is 12.8 Å². The fourth-order valence-corrected chi connectivity index (χ4v) is 2.13. The lowest BCUT2D eigenvalue weighted by Crippen LogP contribution is -2.48. The average molecular weight is 328 g/mol. The molecule has 0 aliphatic heterocycles. The van der Waals surface area contributed by atoms with E-state index in [1.54, 1.807) is 12.1 Å². The molecule has 0 heterocycles. The van der Waals surface area contributed by atoms with Gasteiger partial charge in [0.15, 0.2) is 5.11 Å². The summed E-state index contributed by atoms with van der Waals surface area (Å²) in [6, 6.07) is 19.1. The van der Waals surface area contributed by atoms with Crippen LogP contribution >= 0.6 is 12.2 Å². The fraction of sp³-hybridized carbons (Fsp3) is 0.176. The lowest BCUT2D eigenvalue weighted by Gasteiger charge is -2.12. The number of anilines is 1. The van der Waals surface area contributed by atoms with Crippen LogP contribution in [-0.4, -0.2) is 17.7 Å². The minimum absolute atomic E-state index is 0.371. The molecule has 5 nitrogen and oxygen atoms in total. The van der Waals surface area contributed by atoms with Gasteiger partial charge in [-0.2, -0.15) is 0 Å². The number of aryl methyl sites for hydroxylation is 1. The standard InChI is InChI=1S/C17H20N4OS/c22-16(19-15-11-5-2-6-12-15)20-21-17(23)18-13-7-10-14-8-3-1-4-9-14/h1-6,8-9,11-12H,7,10,13H2,(H2,18,21,23)(H2,19,20,22). The summed E-state index contributed by atoms with van der Waals surface area (Å²) in [5.41, 5.74) is 7.16. The Morgan fingerprint density at radius 2 is 1.57 bits per heavy atom. The number of para-hydroxylation sites is 1. The van der Waals surface area contributed by atoms with E-state index in [0.29, 0.717) is 10.8 Å². The van der Waals surface area contributed by atoms with E-state index in [9.17, 15) is 4.79 Å². The molecule has 2 amide bonds. The van der Waals surface area contributed by atoms with Crippen molar-refractivity contribution < 1.29 is 4.79 Å². The number of thiocarbonyl (C=S) groups is 1. The summed E-state index contributed by atoms with van der Waals surface area (Å²) in [5, 5.41) is 6.13. The van der Waals surface area contributed by atoms with Crippen LogP contribution < -0.4 is 21.5 Å². The molecule has 0 fully saturated rings. The van der Waals surface area contributed by atoms with Gasteiger partial charge in [-0.05, 0) is 42.8 Å². The van der Waals surface area contributed by atoms with Gasteiger partial charge < -0.3 is 10.6 Å².